The van der Waals surface area contributed by atoms with Gasteiger partial charge < -0.3 is 0 Å². The highest BCUT2D eigenvalue weighted by Crippen LogP contribution is 2.57. The number of carbonyl (C=O) groups excluding carboxylic acids is 2. The van der Waals surface area contributed by atoms with E-state index in [9.17, 15) is 9.59 Å². The Morgan fingerprint density at radius 3 is 2.00 bits per heavy atom. The molecule has 3 aliphatic rings. The average Bonchev–Trinajstić information content (AvgIpc) is 3.18. The van der Waals surface area contributed by atoms with Crippen LogP contribution in [0.2, 0.25) is 0 Å². The second-order valence-corrected chi connectivity index (χ2v) is 6.92. The van der Waals surface area contributed by atoms with Crippen LogP contribution in [0.25, 0.3) is 0 Å². The summed E-state index contributed by atoms with van der Waals surface area (Å²) in [5.41, 5.74) is 4.49. The minimum atomic E-state index is -0.199. The lowest BCUT2D eigenvalue weighted by Crippen LogP contribution is -2.33. The molecule has 2 amide bonds. The third kappa shape index (κ3) is 1.82. The summed E-state index contributed by atoms with van der Waals surface area (Å²) < 4.78 is 0. The van der Waals surface area contributed by atoms with Crippen molar-refractivity contribution in [1.29, 1.82) is 0 Å². The number of hydrogen-bond donors (Lipinski definition) is 0. The van der Waals surface area contributed by atoms with Gasteiger partial charge in [-0.3, -0.25) is 9.59 Å². The Bertz CT molecular complexity index is 722. The van der Waals surface area contributed by atoms with Crippen LogP contribution in [-0.4, -0.2) is 11.8 Å². The van der Waals surface area contributed by atoms with Gasteiger partial charge in [0.05, 0.1) is 17.5 Å². The molecule has 1 aromatic carbocycles. The van der Waals surface area contributed by atoms with E-state index in [-0.39, 0.29) is 35.5 Å². The van der Waals surface area contributed by atoms with Crippen molar-refractivity contribution in [3.8, 4) is 0 Å². The van der Waals surface area contributed by atoms with Gasteiger partial charge in [0.15, 0.2) is 0 Å². The van der Waals surface area contributed by atoms with E-state index in [1.807, 2.05) is 31.2 Å². The van der Waals surface area contributed by atoms with Crippen LogP contribution in [0.5, 0.6) is 0 Å². The van der Waals surface area contributed by atoms with Gasteiger partial charge in [0.2, 0.25) is 11.8 Å². The van der Waals surface area contributed by atoms with Crippen LogP contribution in [0.3, 0.4) is 0 Å². The number of benzene rings is 1. The number of nitrogens with zero attached hydrogens (tertiary/aromatic N) is 1. The number of fused-ring (bicyclic) bond motifs is 5. The highest BCUT2D eigenvalue weighted by Gasteiger charge is 2.61. The maximum Gasteiger partial charge on any atom is 0.238 e. The van der Waals surface area contributed by atoms with Crippen molar-refractivity contribution in [1.82, 2.24) is 0 Å². The summed E-state index contributed by atoms with van der Waals surface area (Å²) in [6.45, 7) is 6.27. The Labute approximate surface area is 136 Å². The van der Waals surface area contributed by atoms with E-state index in [4.69, 9.17) is 0 Å². The molecule has 0 N–H and O–H groups in total. The number of anilines is 1. The summed E-state index contributed by atoms with van der Waals surface area (Å²) in [4.78, 5) is 27.4. The van der Waals surface area contributed by atoms with Crippen LogP contribution in [0.4, 0.5) is 5.69 Å². The smallest absolute Gasteiger partial charge is 0.238 e. The fourth-order valence-electron chi connectivity index (χ4n) is 4.48. The number of hydrogen-bond acceptors (Lipinski definition) is 2. The maximum absolute atomic E-state index is 13.0. The third-order valence-electron chi connectivity index (χ3n) is 5.73. The summed E-state index contributed by atoms with van der Waals surface area (Å²) in [5, 5.41) is 0. The van der Waals surface area contributed by atoms with Crippen molar-refractivity contribution in [2.24, 2.45) is 23.7 Å². The van der Waals surface area contributed by atoms with E-state index in [0.29, 0.717) is 5.69 Å². The van der Waals surface area contributed by atoms with E-state index < -0.39 is 0 Å². The van der Waals surface area contributed by atoms with Crippen LogP contribution >= 0.6 is 0 Å². The molecule has 3 nitrogen and oxygen atoms in total. The number of rotatable bonds is 2. The molecule has 0 spiro atoms. The third-order valence-corrected chi connectivity index (χ3v) is 5.73. The van der Waals surface area contributed by atoms with Crippen molar-refractivity contribution < 1.29 is 9.59 Å². The predicted molar refractivity (Wildman–Crippen MR) is 89.8 cm³/mol. The SMILES string of the molecule is CCC(C)=C1[C@H]2C=C[C@H]1[C@H]1C(=O)N(c3ccc(C)cc3)C(=O)[C@@H]12. The topological polar surface area (TPSA) is 37.4 Å². The number of carbonyl (C=O) groups is 2. The molecule has 0 radical (unpaired) electrons. The first-order valence-corrected chi connectivity index (χ1v) is 8.37. The molecule has 1 heterocycles. The molecule has 0 aromatic heterocycles. The molecule has 3 heteroatoms. The zero-order valence-corrected chi connectivity index (χ0v) is 13.7. The van der Waals surface area contributed by atoms with E-state index in [1.54, 1.807) is 0 Å². The van der Waals surface area contributed by atoms with Gasteiger partial charge in [0, 0.05) is 11.8 Å². The molecule has 2 bridgehead atoms. The van der Waals surface area contributed by atoms with Gasteiger partial charge in [-0.1, -0.05) is 47.9 Å². The fraction of sp³-hybridized carbons (Fsp3) is 0.400. The fourth-order valence-corrected chi connectivity index (χ4v) is 4.48. The van der Waals surface area contributed by atoms with Crippen LogP contribution in [-0.2, 0) is 9.59 Å². The Morgan fingerprint density at radius 1 is 1.00 bits per heavy atom. The van der Waals surface area contributed by atoms with Crippen molar-refractivity contribution in [3.05, 3.63) is 53.1 Å². The maximum atomic E-state index is 13.0. The van der Waals surface area contributed by atoms with Crippen molar-refractivity contribution in [2.45, 2.75) is 27.2 Å². The van der Waals surface area contributed by atoms with E-state index in [2.05, 4.69) is 26.0 Å². The molecule has 1 saturated heterocycles. The van der Waals surface area contributed by atoms with E-state index in [1.165, 1.54) is 16.0 Å². The molecular formula is C20H21NO2. The molecule has 0 unspecified atom stereocenters. The first-order valence-electron chi connectivity index (χ1n) is 8.37. The number of amides is 2. The average molecular weight is 307 g/mol. The van der Waals surface area contributed by atoms with Crippen LogP contribution in [0.15, 0.2) is 47.6 Å². The molecule has 4 atom stereocenters. The van der Waals surface area contributed by atoms with Crippen molar-refractivity contribution in [3.63, 3.8) is 0 Å². The molecule has 1 saturated carbocycles. The Hall–Kier alpha value is -2.16. The summed E-state index contributed by atoms with van der Waals surface area (Å²) in [6, 6.07) is 7.64. The van der Waals surface area contributed by atoms with Gasteiger partial charge in [-0.25, -0.2) is 4.90 Å². The zero-order chi connectivity index (χ0) is 16.3. The minimum Gasteiger partial charge on any atom is -0.274 e. The van der Waals surface area contributed by atoms with Crippen molar-refractivity contribution in [2.75, 3.05) is 4.90 Å². The lowest BCUT2D eigenvalue weighted by Gasteiger charge is -2.19. The summed E-state index contributed by atoms with van der Waals surface area (Å²) in [6.07, 6.45) is 5.27. The molecule has 118 valence electrons. The van der Waals surface area contributed by atoms with Gasteiger partial charge >= 0.3 is 0 Å². The van der Waals surface area contributed by atoms with Gasteiger partial charge in [0.25, 0.3) is 0 Å². The highest BCUT2D eigenvalue weighted by atomic mass is 16.2. The van der Waals surface area contributed by atoms with Crippen LogP contribution < -0.4 is 4.90 Å². The van der Waals surface area contributed by atoms with Crippen LogP contribution in [0.1, 0.15) is 25.8 Å². The van der Waals surface area contributed by atoms with Gasteiger partial charge in [0.1, 0.15) is 0 Å². The monoisotopic (exact) mass is 307 g/mol. The normalized spacial score (nSPS) is 31.3. The van der Waals surface area contributed by atoms with E-state index in [0.717, 1.165) is 12.0 Å². The molecule has 4 rings (SSSR count). The number of allylic oxidation sites excluding steroid dienone is 4. The minimum absolute atomic E-state index is 0.0258. The Balaban J connectivity index is 1.74. The van der Waals surface area contributed by atoms with Gasteiger partial charge in [-0.05, 0) is 32.4 Å². The van der Waals surface area contributed by atoms with E-state index >= 15 is 0 Å². The zero-order valence-electron chi connectivity index (χ0n) is 13.7. The van der Waals surface area contributed by atoms with Crippen molar-refractivity contribution >= 4 is 17.5 Å². The Morgan fingerprint density at radius 2 is 1.52 bits per heavy atom. The molecule has 23 heavy (non-hydrogen) atoms. The first-order chi connectivity index (χ1) is 11.0. The van der Waals surface area contributed by atoms with Gasteiger partial charge in [-0.2, -0.15) is 0 Å². The Kier molecular flexibility index (Phi) is 3.09. The molecule has 2 aliphatic carbocycles. The van der Waals surface area contributed by atoms with Crippen LogP contribution in [0, 0.1) is 30.6 Å². The number of aryl methyl sites for hydroxylation is 1. The molecular weight excluding hydrogens is 286 g/mol. The second-order valence-electron chi connectivity index (χ2n) is 6.92. The number of imide groups is 1. The summed E-state index contributed by atoms with van der Waals surface area (Å²) in [7, 11) is 0. The molecule has 1 aromatic rings. The highest BCUT2D eigenvalue weighted by molar-refractivity contribution is 6.23. The summed E-state index contributed by atoms with van der Waals surface area (Å²) in [5.74, 6) is -0.205. The molecule has 2 fully saturated rings. The quantitative estimate of drug-likeness (QED) is 0.618. The first kappa shape index (κ1) is 14.4. The lowest BCUT2D eigenvalue weighted by atomic mass is 9.85. The largest absolute Gasteiger partial charge is 0.274 e. The second kappa shape index (κ2) is 4.92. The predicted octanol–water partition coefficient (Wildman–Crippen LogP) is 3.64. The standard InChI is InChI=1S/C20H21NO2/c1-4-12(3)16-14-9-10-15(16)18-17(14)19(22)21(20(18)23)13-7-5-11(2)6-8-13/h5-10,14-15,17-18H,4H2,1-3H3/t14-,15-,17-,18-/m1/s1. The van der Waals surface area contributed by atoms with Gasteiger partial charge in [-0.15, -0.1) is 0 Å². The summed E-state index contributed by atoms with van der Waals surface area (Å²) >= 11 is 0. The lowest BCUT2D eigenvalue weighted by molar-refractivity contribution is -0.122. The molecule has 1 aliphatic heterocycles.